The molecule has 138 valence electrons. The molecule has 3 rings (SSSR count). The Morgan fingerprint density at radius 1 is 1.15 bits per heavy atom. The maximum absolute atomic E-state index is 12.8. The van der Waals surface area contributed by atoms with E-state index >= 15 is 0 Å². The van der Waals surface area contributed by atoms with Gasteiger partial charge in [-0.25, -0.2) is 14.5 Å². The molecule has 0 radical (unpaired) electrons. The minimum absolute atomic E-state index is 0.0536. The van der Waals surface area contributed by atoms with Crippen molar-refractivity contribution in [1.29, 1.82) is 0 Å². The number of rotatable bonds is 4. The number of hydrogen-bond acceptors (Lipinski definition) is 5. The molecule has 0 saturated carbocycles. The molecule has 8 heteroatoms. The number of carbonyl (C=O) groups excluding carboxylic acids is 2. The first kappa shape index (κ1) is 17.9. The summed E-state index contributed by atoms with van der Waals surface area (Å²) < 4.78 is 6.86. The highest BCUT2D eigenvalue weighted by molar-refractivity contribution is 5.95. The molecule has 1 fully saturated rings. The van der Waals surface area contributed by atoms with Crippen molar-refractivity contribution < 1.29 is 14.3 Å². The van der Waals surface area contributed by atoms with Gasteiger partial charge in [0.05, 0.1) is 12.3 Å². The van der Waals surface area contributed by atoms with Crippen molar-refractivity contribution in [2.45, 2.75) is 13.8 Å². The van der Waals surface area contributed by atoms with Crippen LogP contribution < -0.4 is 0 Å². The highest BCUT2D eigenvalue weighted by Gasteiger charge is 2.26. The van der Waals surface area contributed by atoms with E-state index in [1.54, 1.807) is 32.9 Å². The molecule has 0 atom stereocenters. The molecule has 2 aromatic rings. The van der Waals surface area contributed by atoms with E-state index in [-0.39, 0.29) is 12.0 Å². The van der Waals surface area contributed by atoms with Crippen molar-refractivity contribution in [3.63, 3.8) is 0 Å². The number of hydrogen-bond donors (Lipinski definition) is 0. The van der Waals surface area contributed by atoms with E-state index in [2.05, 4.69) is 10.1 Å². The number of ether oxygens (including phenoxy) is 1. The van der Waals surface area contributed by atoms with Crippen LogP contribution >= 0.6 is 0 Å². The summed E-state index contributed by atoms with van der Waals surface area (Å²) in [4.78, 5) is 32.1. The topological polar surface area (TPSA) is 80.6 Å². The summed E-state index contributed by atoms with van der Waals surface area (Å²) in [5.41, 5.74) is 1.37. The van der Waals surface area contributed by atoms with Gasteiger partial charge in [-0.2, -0.15) is 5.10 Å². The van der Waals surface area contributed by atoms with E-state index in [0.717, 1.165) is 5.69 Å². The predicted octanol–water partition coefficient (Wildman–Crippen LogP) is 1.82. The molecule has 8 nitrogen and oxygen atoms in total. The van der Waals surface area contributed by atoms with Gasteiger partial charge in [-0.3, -0.25) is 4.79 Å². The lowest BCUT2D eigenvalue weighted by Gasteiger charge is -2.34. The maximum atomic E-state index is 12.8. The first-order valence-electron chi connectivity index (χ1n) is 8.70. The fraction of sp³-hybridized carbons (Fsp3) is 0.444. The zero-order valence-corrected chi connectivity index (χ0v) is 15.0. The number of nitrogens with zero attached hydrogens (tertiary/aromatic N) is 5. The van der Waals surface area contributed by atoms with Gasteiger partial charge in [0.1, 0.15) is 12.7 Å². The minimum atomic E-state index is -0.307. The fourth-order valence-electron chi connectivity index (χ4n) is 2.73. The molecule has 0 N–H and O–H groups in total. The summed E-state index contributed by atoms with van der Waals surface area (Å²) in [5, 5.41) is 4.08. The number of aromatic nitrogens is 3. The average molecular weight is 357 g/mol. The Labute approximate surface area is 152 Å². The van der Waals surface area contributed by atoms with E-state index in [9.17, 15) is 9.59 Å². The van der Waals surface area contributed by atoms with E-state index in [0.29, 0.717) is 44.3 Å². The predicted molar refractivity (Wildman–Crippen MR) is 95.0 cm³/mol. The molecule has 0 unspecified atom stereocenters. The summed E-state index contributed by atoms with van der Waals surface area (Å²) in [6.45, 7) is 6.34. The highest BCUT2D eigenvalue weighted by atomic mass is 16.6. The lowest BCUT2D eigenvalue weighted by atomic mass is 10.1. The minimum Gasteiger partial charge on any atom is -0.449 e. The first-order chi connectivity index (χ1) is 12.5. The van der Waals surface area contributed by atoms with E-state index in [4.69, 9.17) is 4.74 Å². The molecule has 1 saturated heterocycles. The second kappa shape index (κ2) is 7.99. The highest BCUT2D eigenvalue weighted by Crippen LogP contribution is 2.14. The third-order valence-corrected chi connectivity index (χ3v) is 4.14. The summed E-state index contributed by atoms with van der Waals surface area (Å²) in [7, 11) is 0. The van der Waals surface area contributed by atoms with E-state index < -0.39 is 0 Å². The molecule has 26 heavy (non-hydrogen) atoms. The van der Waals surface area contributed by atoms with Crippen molar-refractivity contribution in [2.75, 3.05) is 32.8 Å². The monoisotopic (exact) mass is 357 g/mol. The zero-order valence-electron chi connectivity index (χ0n) is 15.0. The molecule has 2 amide bonds. The Bertz CT molecular complexity index is 752. The number of carbonyl (C=O) groups is 2. The Hall–Kier alpha value is -2.90. The van der Waals surface area contributed by atoms with Crippen molar-refractivity contribution in [1.82, 2.24) is 24.6 Å². The molecule has 2 heterocycles. The van der Waals surface area contributed by atoms with Crippen LogP contribution in [-0.2, 0) is 4.74 Å². The van der Waals surface area contributed by atoms with Gasteiger partial charge < -0.3 is 14.5 Å². The first-order valence-corrected chi connectivity index (χ1v) is 8.70. The number of amides is 2. The van der Waals surface area contributed by atoms with Gasteiger partial charge >= 0.3 is 6.09 Å². The summed E-state index contributed by atoms with van der Waals surface area (Å²) in [5.74, 6) is 0.251. The standard InChI is InChI=1S/C18H23N5O3/c1-14(2)11-26-18(25)22-8-6-21(7-9-22)17(24)15-4-3-5-16(10-15)23-13-19-12-20-23/h3-5,10,12-14H,6-9,11H2,1-2H3. The second-order valence-electron chi connectivity index (χ2n) is 6.64. The van der Waals surface area contributed by atoms with Crippen LogP contribution in [0.5, 0.6) is 0 Å². The van der Waals surface area contributed by atoms with Crippen LogP contribution in [0.2, 0.25) is 0 Å². The van der Waals surface area contributed by atoms with Crippen molar-refractivity contribution in [3.8, 4) is 5.69 Å². The Morgan fingerprint density at radius 3 is 2.54 bits per heavy atom. The maximum Gasteiger partial charge on any atom is 0.409 e. The van der Waals surface area contributed by atoms with Crippen LogP contribution in [0.3, 0.4) is 0 Å². The summed E-state index contributed by atoms with van der Waals surface area (Å²) in [6.07, 6.45) is 2.73. The lowest BCUT2D eigenvalue weighted by molar-refractivity contribution is 0.0535. The molecular weight excluding hydrogens is 334 g/mol. The van der Waals surface area contributed by atoms with Crippen LogP contribution in [-0.4, -0.2) is 69.4 Å². The second-order valence-corrected chi connectivity index (χ2v) is 6.64. The molecule has 0 bridgehead atoms. The van der Waals surface area contributed by atoms with Crippen molar-refractivity contribution >= 4 is 12.0 Å². The SMILES string of the molecule is CC(C)COC(=O)N1CCN(C(=O)c2cccc(-n3cncn3)c2)CC1. The molecule has 0 spiro atoms. The molecular formula is C18H23N5O3. The molecule has 0 aliphatic carbocycles. The summed E-state index contributed by atoms with van der Waals surface area (Å²) in [6, 6.07) is 7.27. The average Bonchev–Trinajstić information content (AvgIpc) is 3.20. The van der Waals surface area contributed by atoms with Crippen molar-refractivity contribution in [3.05, 3.63) is 42.5 Å². The smallest absolute Gasteiger partial charge is 0.409 e. The van der Waals surface area contributed by atoms with Crippen LogP contribution in [0.4, 0.5) is 4.79 Å². The van der Waals surface area contributed by atoms with Gasteiger partial charge in [0, 0.05) is 31.7 Å². The molecule has 1 aliphatic heterocycles. The zero-order chi connectivity index (χ0) is 18.5. The third-order valence-electron chi connectivity index (χ3n) is 4.14. The van der Waals surface area contributed by atoms with Crippen LogP contribution in [0.25, 0.3) is 5.69 Å². The van der Waals surface area contributed by atoms with Gasteiger partial charge in [-0.05, 0) is 24.1 Å². The van der Waals surface area contributed by atoms with Gasteiger partial charge in [0.2, 0.25) is 0 Å². The third kappa shape index (κ3) is 4.19. The Morgan fingerprint density at radius 2 is 1.88 bits per heavy atom. The van der Waals surface area contributed by atoms with Gasteiger partial charge in [0.15, 0.2) is 0 Å². The van der Waals surface area contributed by atoms with Gasteiger partial charge in [-0.1, -0.05) is 19.9 Å². The molecule has 1 aromatic carbocycles. The number of benzene rings is 1. The summed E-state index contributed by atoms with van der Waals surface area (Å²) >= 11 is 0. The molecule has 1 aromatic heterocycles. The van der Waals surface area contributed by atoms with E-state index in [1.165, 1.54) is 6.33 Å². The Balaban J connectivity index is 1.59. The van der Waals surface area contributed by atoms with E-state index in [1.807, 2.05) is 26.0 Å². The van der Waals surface area contributed by atoms with Crippen LogP contribution in [0.1, 0.15) is 24.2 Å². The van der Waals surface area contributed by atoms with Crippen LogP contribution in [0, 0.1) is 5.92 Å². The van der Waals surface area contributed by atoms with Crippen molar-refractivity contribution in [2.24, 2.45) is 5.92 Å². The van der Waals surface area contributed by atoms with Crippen LogP contribution in [0.15, 0.2) is 36.9 Å². The molecule has 1 aliphatic rings. The van der Waals surface area contributed by atoms with Gasteiger partial charge in [0.25, 0.3) is 5.91 Å². The Kier molecular flexibility index (Phi) is 5.50. The lowest BCUT2D eigenvalue weighted by Crippen LogP contribution is -2.50. The fourth-order valence-corrected chi connectivity index (χ4v) is 2.73. The largest absolute Gasteiger partial charge is 0.449 e. The normalized spacial score (nSPS) is 14.6. The quantitative estimate of drug-likeness (QED) is 0.834. The number of piperazine rings is 1. The van der Waals surface area contributed by atoms with Gasteiger partial charge in [-0.15, -0.1) is 0 Å².